The summed E-state index contributed by atoms with van der Waals surface area (Å²) in [6.07, 6.45) is 0. The Morgan fingerprint density at radius 3 is 2.94 bits per heavy atom. The fraction of sp³-hybridized carbons (Fsp3) is 0.364. The van der Waals surface area contributed by atoms with Crippen molar-refractivity contribution in [3.63, 3.8) is 0 Å². The van der Waals surface area contributed by atoms with Gasteiger partial charge in [-0.05, 0) is 12.1 Å². The maximum atomic E-state index is 12.2. The number of halogens is 2. The van der Waals surface area contributed by atoms with Crippen LogP contribution in [0.2, 0.25) is 10.0 Å². The van der Waals surface area contributed by atoms with E-state index < -0.39 is 0 Å². The molecule has 1 aliphatic rings. The van der Waals surface area contributed by atoms with Gasteiger partial charge in [0.25, 0.3) is 0 Å². The molecule has 1 saturated heterocycles. The Labute approximate surface area is 109 Å². The lowest BCUT2D eigenvalue weighted by Gasteiger charge is -2.22. The number of benzene rings is 1. The van der Waals surface area contributed by atoms with Crippen molar-refractivity contribution >= 4 is 40.7 Å². The molecule has 0 amide bonds. The number of carbonyl (C=O) groups is 1. The summed E-state index contributed by atoms with van der Waals surface area (Å²) in [7, 11) is 0. The number of carbonyl (C=O) groups excluding carboxylic acids is 1. The van der Waals surface area contributed by atoms with Gasteiger partial charge in [-0.2, -0.15) is 11.8 Å². The van der Waals surface area contributed by atoms with Gasteiger partial charge in [0, 0.05) is 23.6 Å². The Morgan fingerprint density at radius 2 is 2.25 bits per heavy atom. The molecule has 0 aromatic heterocycles. The van der Waals surface area contributed by atoms with Gasteiger partial charge in [0.1, 0.15) is 0 Å². The lowest BCUT2D eigenvalue weighted by Crippen LogP contribution is -2.43. The van der Waals surface area contributed by atoms with Crippen LogP contribution in [0.3, 0.4) is 0 Å². The van der Waals surface area contributed by atoms with Crippen LogP contribution in [0.4, 0.5) is 0 Å². The molecular weight excluding hydrogens is 265 g/mol. The number of hydrogen-bond donors (Lipinski definition) is 1. The van der Waals surface area contributed by atoms with Crippen molar-refractivity contribution in [3.8, 4) is 0 Å². The third kappa shape index (κ3) is 2.54. The van der Waals surface area contributed by atoms with Crippen molar-refractivity contribution in [3.05, 3.63) is 33.8 Å². The fourth-order valence-corrected chi connectivity index (χ4v) is 2.94. The van der Waals surface area contributed by atoms with Crippen LogP contribution in [0, 0.1) is 0 Å². The summed E-state index contributed by atoms with van der Waals surface area (Å²) in [5, 5.41) is 3.97. The predicted molar refractivity (Wildman–Crippen MR) is 69.9 cm³/mol. The monoisotopic (exact) mass is 275 g/mol. The quantitative estimate of drug-likeness (QED) is 0.842. The number of ketones is 1. The Morgan fingerprint density at radius 1 is 1.44 bits per heavy atom. The van der Waals surface area contributed by atoms with Crippen LogP contribution in [0.1, 0.15) is 10.4 Å². The molecule has 1 atom stereocenters. The summed E-state index contributed by atoms with van der Waals surface area (Å²) >= 11 is 13.7. The van der Waals surface area contributed by atoms with Gasteiger partial charge in [0.05, 0.1) is 16.1 Å². The van der Waals surface area contributed by atoms with E-state index in [1.807, 2.05) is 0 Å². The van der Waals surface area contributed by atoms with Crippen molar-refractivity contribution in [2.45, 2.75) is 6.04 Å². The highest BCUT2D eigenvalue weighted by molar-refractivity contribution is 7.99. The zero-order valence-corrected chi connectivity index (χ0v) is 10.8. The lowest BCUT2D eigenvalue weighted by molar-refractivity contribution is 0.0953. The van der Waals surface area contributed by atoms with E-state index in [1.165, 1.54) is 0 Å². The SMILES string of the molecule is O=C(c1cccc(Cl)c1Cl)C1CSCCN1. The van der Waals surface area contributed by atoms with E-state index >= 15 is 0 Å². The maximum absolute atomic E-state index is 12.2. The van der Waals surface area contributed by atoms with E-state index in [0.29, 0.717) is 15.6 Å². The molecule has 1 fully saturated rings. The van der Waals surface area contributed by atoms with Gasteiger partial charge < -0.3 is 5.32 Å². The standard InChI is InChI=1S/C11H11Cl2NOS/c12-8-3-1-2-7(10(8)13)11(15)9-6-16-5-4-14-9/h1-3,9,14H,4-6H2. The molecule has 0 radical (unpaired) electrons. The minimum atomic E-state index is -0.144. The van der Waals surface area contributed by atoms with Crippen LogP contribution in [0.15, 0.2) is 18.2 Å². The number of Topliss-reactive ketones (excluding diaryl/α,β-unsaturated/α-hetero) is 1. The van der Waals surface area contributed by atoms with E-state index in [-0.39, 0.29) is 11.8 Å². The predicted octanol–water partition coefficient (Wildman–Crippen LogP) is 2.88. The van der Waals surface area contributed by atoms with Gasteiger partial charge in [0.15, 0.2) is 5.78 Å². The van der Waals surface area contributed by atoms with Crippen molar-refractivity contribution in [2.75, 3.05) is 18.1 Å². The van der Waals surface area contributed by atoms with E-state index in [1.54, 1.807) is 30.0 Å². The number of nitrogens with one attached hydrogen (secondary N) is 1. The van der Waals surface area contributed by atoms with Crippen LogP contribution in [-0.4, -0.2) is 29.9 Å². The Hall–Kier alpha value is -0.220. The van der Waals surface area contributed by atoms with Crippen LogP contribution in [0.5, 0.6) is 0 Å². The molecule has 1 aliphatic heterocycles. The molecule has 2 rings (SSSR count). The highest BCUT2D eigenvalue weighted by Gasteiger charge is 2.24. The Balaban J connectivity index is 2.22. The van der Waals surface area contributed by atoms with Gasteiger partial charge in [-0.1, -0.05) is 29.3 Å². The number of hydrogen-bond acceptors (Lipinski definition) is 3. The average Bonchev–Trinajstić information content (AvgIpc) is 2.33. The Bertz CT molecular complexity index is 405. The van der Waals surface area contributed by atoms with E-state index in [0.717, 1.165) is 18.1 Å². The summed E-state index contributed by atoms with van der Waals surface area (Å²) < 4.78 is 0. The number of thioether (sulfide) groups is 1. The lowest BCUT2D eigenvalue weighted by atomic mass is 10.1. The molecule has 0 aliphatic carbocycles. The van der Waals surface area contributed by atoms with E-state index in [2.05, 4.69) is 5.32 Å². The van der Waals surface area contributed by atoms with Crippen LogP contribution in [-0.2, 0) is 0 Å². The number of rotatable bonds is 2. The van der Waals surface area contributed by atoms with Gasteiger partial charge in [-0.3, -0.25) is 4.79 Å². The van der Waals surface area contributed by atoms with Gasteiger partial charge in [-0.25, -0.2) is 0 Å². The first kappa shape index (κ1) is 12.2. The van der Waals surface area contributed by atoms with Crippen molar-refractivity contribution in [1.29, 1.82) is 0 Å². The van der Waals surface area contributed by atoms with Crippen LogP contribution >= 0.6 is 35.0 Å². The first-order valence-corrected chi connectivity index (χ1v) is 6.90. The molecule has 5 heteroatoms. The second-order valence-electron chi connectivity index (χ2n) is 3.55. The Kier molecular flexibility index (Phi) is 4.14. The maximum Gasteiger partial charge on any atom is 0.182 e. The molecule has 1 heterocycles. The van der Waals surface area contributed by atoms with Crippen molar-refractivity contribution in [2.24, 2.45) is 0 Å². The summed E-state index contributed by atoms with van der Waals surface area (Å²) in [5.74, 6) is 1.87. The molecule has 1 aromatic rings. The van der Waals surface area contributed by atoms with Gasteiger partial charge >= 0.3 is 0 Å². The molecule has 16 heavy (non-hydrogen) atoms. The zero-order valence-electron chi connectivity index (χ0n) is 8.50. The van der Waals surface area contributed by atoms with Crippen molar-refractivity contribution in [1.82, 2.24) is 5.32 Å². The van der Waals surface area contributed by atoms with E-state index in [9.17, 15) is 4.79 Å². The highest BCUT2D eigenvalue weighted by Crippen LogP contribution is 2.27. The molecule has 1 N–H and O–H groups in total. The average molecular weight is 276 g/mol. The second-order valence-corrected chi connectivity index (χ2v) is 5.48. The summed E-state index contributed by atoms with van der Waals surface area (Å²) in [6, 6.07) is 5.01. The van der Waals surface area contributed by atoms with Crippen molar-refractivity contribution < 1.29 is 4.79 Å². The molecule has 1 unspecified atom stereocenters. The molecule has 0 bridgehead atoms. The third-order valence-electron chi connectivity index (χ3n) is 2.46. The highest BCUT2D eigenvalue weighted by atomic mass is 35.5. The molecule has 0 saturated carbocycles. The normalized spacial score (nSPS) is 20.8. The van der Waals surface area contributed by atoms with Crippen LogP contribution < -0.4 is 5.32 Å². The minimum absolute atomic E-state index is 0.0275. The first-order valence-electron chi connectivity index (χ1n) is 4.99. The third-order valence-corrected chi connectivity index (χ3v) is 4.34. The topological polar surface area (TPSA) is 29.1 Å². The second kappa shape index (κ2) is 5.41. The molecule has 1 aromatic carbocycles. The van der Waals surface area contributed by atoms with Crippen LogP contribution in [0.25, 0.3) is 0 Å². The first-order chi connectivity index (χ1) is 7.70. The molecular formula is C11H11Cl2NOS. The molecule has 0 spiro atoms. The van der Waals surface area contributed by atoms with E-state index in [4.69, 9.17) is 23.2 Å². The van der Waals surface area contributed by atoms with Gasteiger partial charge in [-0.15, -0.1) is 0 Å². The minimum Gasteiger partial charge on any atom is -0.306 e. The zero-order chi connectivity index (χ0) is 11.5. The smallest absolute Gasteiger partial charge is 0.182 e. The largest absolute Gasteiger partial charge is 0.306 e. The summed E-state index contributed by atoms with van der Waals surface area (Å²) in [6.45, 7) is 0.860. The summed E-state index contributed by atoms with van der Waals surface area (Å²) in [4.78, 5) is 12.2. The van der Waals surface area contributed by atoms with Gasteiger partial charge in [0.2, 0.25) is 0 Å². The molecule has 86 valence electrons. The fourth-order valence-electron chi connectivity index (χ4n) is 1.62. The molecule has 2 nitrogen and oxygen atoms in total. The summed E-state index contributed by atoms with van der Waals surface area (Å²) in [5.41, 5.74) is 0.508.